The molecule has 0 amide bonds. The van der Waals surface area contributed by atoms with Crippen LogP contribution in [0.5, 0.6) is 0 Å². The van der Waals surface area contributed by atoms with E-state index in [0.29, 0.717) is 10.9 Å². The predicted octanol–water partition coefficient (Wildman–Crippen LogP) is 3.08. The largest absolute Gasteiger partial charge is 0.450 e. The standard InChI is InChI=1S/C11H9FO2/c1-6-8-4-3-5-9(12)11(8)14-10(6)7(2)13/h3-5H,1-2H3. The molecule has 0 fully saturated rings. The van der Waals surface area contributed by atoms with Crippen LogP contribution in [0.25, 0.3) is 11.0 Å². The third-order valence-electron chi connectivity index (χ3n) is 2.24. The average Bonchev–Trinajstić information content (AvgIpc) is 2.46. The minimum Gasteiger partial charge on any atom is -0.450 e. The van der Waals surface area contributed by atoms with E-state index in [1.165, 1.54) is 13.0 Å². The summed E-state index contributed by atoms with van der Waals surface area (Å²) in [6.45, 7) is 3.16. The van der Waals surface area contributed by atoms with Crippen molar-refractivity contribution in [3.63, 3.8) is 0 Å². The van der Waals surface area contributed by atoms with Crippen molar-refractivity contribution in [3.8, 4) is 0 Å². The first-order valence-corrected chi connectivity index (χ1v) is 4.30. The van der Waals surface area contributed by atoms with E-state index in [-0.39, 0.29) is 17.1 Å². The highest BCUT2D eigenvalue weighted by molar-refractivity contribution is 5.98. The first-order chi connectivity index (χ1) is 6.61. The highest BCUT2D eigenvalue weighted by atomic mass is 19.1. The van der Waals surface area contributed by atoms with E-state index in [9.17, 15) is 9.18 Å². The molecular weight excluding hydrogens is 183 g/mol. The summed E-state index contributed by atoms with van der Waals surface area (Å²) in [5.41, 5.74) is 0.863. The molecule has 3 heteroatoms. The molecule has 0 saturated carbocycles. The molecule has 2 rings (SSSR count). The lowest BCUT2D eigenvalue weighted by molar-refractivity contribution is 0.0988. The molecule has 0 unspecified atom stereocenters. The van der Waals surface area contributed by atoms with Gasteiger partial charge >= 0.3 is 0 Å². The van der Waals surface area contributed by atoms with Gasteiger partial charge in [-0.1, -0.05) is 12.1 Å². The van der Waals surface area contributed by atoms with E-state index < -0.39 is 5.82 Å². The molecule has 1 aromatic carbocycles. The summed E-state index contributed by atoms with van der Waals surface area (Å²) in [5.74, 6) is -0.374. The molecule has 0 spiro atoms. The molecule has 1 aromatic heterocycles. The number of ketones is 1. The van der Waals surface area contributed by atoms with Gasteiger partial charge in [-0.25, -0.2) is 4.39 Å². The molecule has 0 radical (unpaired) electrons. The number of Topliss-reactive ketones (excluding diaryl/α,β-unsaturated/α-hetero) is 1. The van der Waals surface area contributed by atoms with Gasteiger partial charge in [0, 0.05) is 17.9 Å². The summed E-state index contributed by atoms with van der Waals surface area (Å²) in [6.07, 6.45) is 0. The number of rotatable bonds is 1. The van der Waals surface area contributed by atoms with Gasteiger partial charge in [0.15, 0.2) is 22.9 Å². The minimum absolute atomic E-state index is 0.162. The number of halogens is 1. The van der Waals surface area contributed by atoms with Crippen molar-refractivity contribution in [2.24, 2.45) is 0 Å². The third-order valence-corrected chi connectivity index (χ3v) is 2.24. The van der Waals surface area contributed by atoms with Gasteiger partial charge in [-0.05, 0) is 13.0 Å². The minimum atomic E-state index is -0.432. The molecule has 0 bridgehead atoms. The summed E-state index contributed by atoms with van der Waals surface area (Å²) in [5, 5.41) is 0.662. The average molecular weight is 192 g/mol. The van der Waals surface area contributed by atoms with Crippen LogP contribution in [-0.4, -0.2) is 5.78 Å². The molecule has 0 aliphatic rings. The zero-order valence-electron chi connectivity index (χ0n) is 7.93. The van der Waals surface area contributed by atoms with Gasteiger partial charge in [0.2, 0.25) is 0 Å². The quantitative estimate of drug-likeness (QED) is 0.650. The Balaban J connectivity index is 2.86. The Labute approximate surface area is 80.3 Å². The number of hydrogen-bond acceptors (Lipinski definition) is 2. The first kappa shape index (κ1) is 8.94. The van der Waals surface area contributed by atoms with Crippen LogP contribution in [-0.2, 0) is 0 Å². The third kappa shape index (κ3) is 1.13. The predicted molar refractivity (Wildman–Crippen MR) is 50.9 cm³/mol. The number of hydrogen-bond donors (Lipinski definition) is 0. The fraction of sp³-hybridized carbons (Fsp3) is 0.182. The zero-order chi connectivity index (χ0) is 10.3. The smallest absolute Gasteiger partial charge is 0.195 e. The van der Waals surface area contributed by atoms with Crippen LogP contribution >= 0.6 is 0 Å². The molecular formula is C11H9FO2. The Hall–Kier alpha value is -1.64. The van der Waals surface area contributed by atoms with Crippen LogP contribution in [0, 0.1) is 12.7 Å². The summed E-state index contributed by atoms with van der Waals surface area (Å²) < 4.78 is 18.4. The summed E-state index contributed by atoms with van der Waals surface area (Å²) in [7, 11) is 0. The van der Waals surface area contributed by atoms with Gasteiger partial charge in [0.25, 0.3) is 0 Å². The Morgan fingerprint density at radius 3 is 2.71 bits per heavy atom. The number of para-hydroxylation sites is 1. The Morgan fingerprint density at radius 2 is 2.14 bits per heavy atom. The first-order valence-electron chi connectivity index (χ1n) is 4.30. The van der Waals surface area contributed by atoms with Crippen molar-refractivity contribution < 1.29 is 13.6 Å². The second-order valence-electron chi connectivity index (χ2n) is 3.23. The Kier molecular flexibility index (Phi) is 1.88. The van der Waals surface area contributed by atoms with E-state index in [4.69, 9.17) is 4.42 Å². The second-order valence-corrected chi connectivity index (χ2v) is 3.23. The van der Waals surface area contributed by atoms with Gasteiger partial charge in [0.1, 0.15) is 0 Å². The number of carbonyl (C=O) groups excluding carboxylic acids is 1. The second kappa shape index (κ2) is 2.94. The van der Waals surface area contributed by atoms with Crippen molar-refractivity contribution in [1.82, 2.24) is 0 Å². The number of benzene rings is 1. The van der Waals surface area contributed by atoms with E-state index >= 15 is 0 Å². The Morgan fingerprint density at radius 1 is 1.43 bits per heavy atom. The van der Waals surface area contributed by atoms with Crippen molar-refractivity contribution >= 4 is 16.8 Å². The van der Waals surface area contributed by atoms with Gasteiger partial charge in [-0.15, -0.1) is 0 Å². The van der Waals surface area contributed by atoms with Gasteiger partial charge in [0.05, 0.1) is 0 Å². The summed E-state index contributed by atoms with van der Waals surface area (Å²) >= 11 is 0. The lowest BCUT2D eigenvalue weighted by Crippen LogP contribution is -1.90. The molecule has 0 atom stereocenters. The van der Waals surface area contributed by atoms with Crippen LogP contribution in [0.2, 0.25) is 0 Å². The molecule has 14 heavy (non-hydrogen) atoms. The molecule has 72 valence electrons. The highest BCUT2D eigenvalue weighted by Gasteiger charge is 2.15. The van der Waals surface area contributed by atoms with Crippen LogP contribution in [0.4, 0.5) is 4.39 Å². The fourth-order valence-corrected chi connectivity index (χ4v) is 1.54. The number of fused-ring (bicyclic) bond motifs is 1. The van der Waals surface area contributed by atoms with Crippen LogP contribution in [0.15, 0.2) is 22.6 Å². The van der Waals surface area contributed by atoms with Gasteiger partial charge in [-0.2, -0.15) is 0 Å². The van der Waals surface area contributed by atoms with Crippen molar-refractivity contribution in [1.29, 1.82) is 0 Å². The van der Waals surface area contributed by atoms with Crippen LogP contribution < -0.4 is 0 Å². The number of aryl methyl sites for hydroxylation is 1. The van der Waals surface area contributed by atoms with Gasteiger partial charge in [-0.3, -0.25) is 4.79 Å². The van der Waals surface area contributed by atoms with Crippen LogP contribution in [0.1, 0.15) is 23.0 Å². The lowest BCUT2D eigenvalue weighted by atomic mass is 10.1. The van der Waals surface area contributed by atoms with E-state index in [0.717, 1.165) is 0 Å². The molecule has 1 heterocycles. The fourth-order valence-electron chi connectivity index (χ4n) is 1.54. The van der Waals surface area contributed by atoms with Crippen molar-refractivity contribution in [2.75, 3.05) is 0 Å². The normalized spacial score (nSPS) is 10.8. The number of carbonyl (C=O) groups is 1. The van der Waals surface area contributed by atoms with Gasteiger partial charge < -0.3 is 4.42 Å². The van der Waals surface area contributed by atoms with Crippen LogP contribution in [0.3, 0.4) is 0 Å². The van der Waals surface area contributed by atoms with Crippen molar-refractivity contribution in [3.05, 3.63) is 35.3 Å². The van der Waals surface area contributed by atoms with E-state index in [1.54, 1.807) is 19.1 Å². The topological polar surface area (TPSA) is 30.2 Å². The highest BCUT2D eigenvalue weighted by Crippen LogP contribution is 2.27. The number of furan rings is 1. The summed E-state index contributed by atoms with van der Waals surface area (Å²) in [4.78, 5) is 11.1. The van der Waals surface area contributed by atoms with E-state index in [2.05, 4.69) is 0 Å². The Bertz CT molecular complexity index is 511. The maximum atomic E-state index is 13.2. The SMILES string of the molecule is CC(=O)c1oc2c(F)cccc2c1C. The monoisotopic (exact) mass is 192 g/mol. The van der Waals surface area contributed by atoms with E-state index in [1.807, 2.05) is 0 Å². The molecule has 2 aromatic rings. The van der Waals surface area contributed by atoms with Crippen molar-refractivity contribution in [2.45, 2.75) is 13.8 Å². The molecule has 0 aliphatic carbocycles. The zero-order valence-corrected chi connectivity index (χ0v) is 7.93. The molecule has 0 N–H and O–H groups in total. The molecule has 2 nitrogen and oxygen atoms in total. The molecule has 0 saturated heterocycles. The maximum Gasteiger partial charge on any atom is 0.195 e. The molecule has 0 aliphatic heterocycles. The summed E-state index contributed by atoms with van der Waals surface area (Å²) in [6, 6.07) is 4.66. The maximum absolute atomic E-state index is 13.2. The lowest BCUT2D eigenvalue weighted by Gasteiger charge is -1.89.